The number of nitrogens with zero attached hydrogens (tertiary/aromatic N) is 2. The third kappa shape index (κ3) is 4.61. The molecule has 1 fully saturated rings. The summed E-state index contributed by atoms with van der Waals surface area (Å²) in [6, 6.07) is 0. The molecule has 0 amide bonds. The molecule has 0 aliphatic heterocycles. The van der Waals surface area contributed by atoms with Gasteiger partial charge >= 0.3 is 0 Å². The van der Waals surface area contributed by atoms with Crippen molar-refractivity contribution >= 4 is 20.5 Å². The molecule has 0 unspecified atom stereocenters. The summed E-state index contributed by atoms with van der Waals surface area (Å²) >= 11 is 3.19. The number of hydrogen-bond acceptors (Lipinski definition) is 1. The third-order valence-corrected chi connectivity index (χ3v) is 2.59. The van der Waals surface area contributed by atoms with Crippen molar-refractivity contribution in [1.82, 2.24) is 9.55 Å². The quantitative estimate of drug-likeness (QED) is 0.802. The molecule has 0 spiro atoms. The van der Waals surface area contributed by atoms with E-state index in [2.05, 4.69) is 34.4 Å². The largest absolute Gasteiger partial charge is 0.301 e. The molecule has 0 N–H and O–H groups in total. The van der Waals surface area contributed by atoms with Gasteiger partial charge in [-0.3, -0.25) is 0 Å². The van der Waals surface area contributed by atoms with E-state index < -0.39 is 0 Å². The standard InChI is InChI=1S/C6H12.C5H5BrN2/c1-2-3-6-4-5-6;1-5(6)8-3-2-7-4-8/h6H,2-5H2,1H3;2-4H,1H2. The van der Waals surface area contributed by atoms with Crippen molar-refractivity contribution in [1.29, 1.82) is 0 Å². The minimum Gasteiger partial charge on any atom is -0.301 e. The third-order valence-electron chi connectivity index (χ3n) is 2.18. The lowest BCUT2D eigenvalue weighted by molar-refractivity contribution is 0.708. The second kappa shape index (κ2) is 6.02. The molecule has 1 aliphatic rings. The highest BCUT2D eigenvalue weighted by atomic mass is 79.9. The molecule has 0 saturated heterocycles. The van der Waals surface area contributed by atoms with Crippen LogP contribution in [0.4, 0.5) is 0 Å². The van der Waals surface area contributed by atoms with Gasteiger partial charge in [-0.1, -0.05) is 39.2 Å². The molecule has 3 heteroatoms. The SMILES string of the molecule is C=C(Br)n1ccnc1.CCCC1CC1. The van der Waals surface area contributed by atoms with E-state index in [0.29, 0.717) is 0 Å². The van der Waals surface area contributed by atoms with Crippen LogP contribution < -0.4 is 0 Å². The molecule has 0 bridgehead atoms. The summed E-state index contributed by atoms with van der Waals surface area (Å²) < 4.78 is 2.58. The summed E-state index contributed by atoms with van der Waals surface area (Å²) in [5.74, 6) is 1.15. The first kappa shape index (κ1) is 11.5. The first-order valence-electron chi connectivity index (χ1n) is 5.06. The van der Waals surface area contributed by atoms with Gasteiger partial charge in [-0.2, -0.15) is 0 Å². The van der Waals surface area contributed by atoms with Crippen molar-refractivity contribution in [3.8, 4) is 0 Å². The predicted octanol–water partition coefficient (Wildman–Crippen LogP) is 3.90. The predicted molar refractivity (Wildman–Crippen MR) is 64.1 cm³/mol. The van der Waals surface area contributed by atoms with Gasteiger partial charge in [-0.05, 0) is 21.8 Å². The van der Waals surface area contributed by atoms with Crippen LogP contribution in [0.5, 0.6) is 0 Å². The molecule has 0 atom stereocenters. The van der Waals surface area contributed by atoms with Gasteiger partial charge < -0.3 is 4.57 Å². The van der Waals surface area contributed by atoms with Crippen molar-refractivity contribution in [2.45, 2.75) is 32.6 Å². The van der Waals surface area contributed by atoms with E-state index >= 15 is 0 Å². The first-order valence-corrected chi connectivity index (χ1v) is 5.86. The maximum Gasteiger partial charge on any atom is 0.0995 e. The van der Waals surface area contributed by atoms with Crippen LogP contribution in [-0.4, -0.2) is 9.55 Å². The zero-order valence-electron chi connectivity index (χ0n) is 8.62. The fourth-order valence-electron chi connectivity index (χ4n) is 1.22. The summed E-state index contributed by atoms with van der Waals surface area (Å²) in [5.41, 5.74) is 0. The summed E-state index contributed by atoms with van der Waals surface area (Å²) in [7, 11) is 0. The minimum atomic E-state index is 0.801. The van der Waals surface area contributed by atoms with Gasteiger partial charge in [0.1, 0.15) is 0 Å². The maximum atomic E-state index is 3.82. The summed E-state index contributed by atoms with van der Waals surface area (Å²) in [5, 5.41) is 0. The Morgan fingerprint density at radius 2 is 2.36 bits per heavy atom. The van der Waals surface area contributed by atoms with Crippen LogP contribution in [0.25, 0.3) is 4.61 Å². The molecule has 1 aliphatic carbocycles. The lowest BCUT2D eigenvalue weighted by Crippen LogP contribution is -1.81. The smallest absolute Gasteiger partial charge is 0.0995 e. The maximum absolute atomic E-state index is 3.82. The van der Waals surface area contributed by atoms with Gasteiger partial charge in [0.05, 0.1) is 10.9 Å². The molecular formula is C11H17BrN2. The van der Waals surface area contributed by atoms with Crippen LogP contribution in [0.15, 0.2) is 25.3 Å². The normalized spacial score (nSPS) is 14.4. The van der Waals surface area contributed by atoms with E-state index in [0.717, 1.165) is 10.5 Å². The van der Waals surface area contributed by atoms with E-state index in [1.54, 1.807) is 17.1 Å². The van der Waals surface area contributed by atoms with Crippen LogP contribution in [0.3, 0.4) is 0 Å². The van der Waals surface area contributed by atoms with Crippen LogP contribution >= 0.6 is 15.9 Å². The summed E-state index contributed by atoms with van der Waals surface area (Å²) in [6.45, 7) is 5.90. The zero-order chi connectivity index (χ0) is 10.4. The molecule has 1 aromatic heterocycles. The molecule has 2 nitrogen and oxygen atoms in total. The van der Waals surface area contributed by atoms with E-state index in [9.17, 15) is 0 Å². The average molecular weight is 257 g/mol. The Balaban J connectivity index is 0.000000146. The fourth-order valence-corrected chi connectivity index (χ4v) is 1.43. The highest BCUT2D eigenvalue weighted by molar-refractivity contribution is 9.14. The Hall–Kier alpha value is -0.570. The van der Waals surface area contributed by atoms with Crippen molar-refractivity contribution in [3.05, 3.63) is 25.3 Å². The van der Waals surface area contributed by atoms with Crippen LogP contribution in [0, 0.1) is 5.92 Å². The van der Waals surface area contributed by atoms with Gasteiger partial charge in [-0.15, -0.1) is 0 Å². The lowest BCUT2D eigenvalue weighted by Gasteiger charge is -1.91. The van der Waals surface area contributed by atoms with Crippen molar-refractivity contribution < 1.29 is 0 Å². The topological polar surface area (TPSA) is 17.8 Å². The van der Waals surface area contributed by atoms with Crippen molar-refractivity contribution in [3.63, 3.8) is 0 Å². The van der Waals surface area contributed by atoms with Gasteiger partial charge in [-0.25, -0.2) is 4.98 Å². The summed E-state index contributed by atoms with van der Waals surface area (Å²) in [4.78, 5) is 3.82. The molecule has 78 valence electrons. The van der Waals surface area contributed by atoms with Crippen LogP contribution in [-0.2, 0) is 0 Å². The number of imidazole rings is 1. The monoisotopic (exact) mass is 256 g/mol. The van der Waals surface area contributed by atoms with Gasteiger partial charge in [0.15, 0.2) is 0 Å². The molecular weight excluding hydrogens is 240 g/mol. The molecule has 2 rings (SSSR count). The highest BCUT2D eigenvalue weighted by Crippen LogP contribution is 2.32. The van der Waals surface area contributed by atoms with Gasteiger partial charge in [0.2, 0.25) is 0 Å². The Kier molecular flexibility index (Phi) is 4.94. The Labute approximate surface area is 94.2 Å². The van der Waals surface area contributed by atoms with E-state index in [-0.39, 0.29) is 0 Å². The number of halogens is 1. The second-order valence-corrected chi connectivity index (χ2v) is 4.49. The molecule has 1 heterocycles. The van der Waals surface area contributed by atoms with Crippen LogP contribution in [0.1, 0.15) is 32.6 Å². The molecule has 0 aromatic carbocycles. The van der Waals surface area contributed by atoms with Gasteiger partial charge in [0, 0.05) is 12.4 Å². The second-order valence-electron chi connectivity index (χ2n) is 3.58. The zero-order valence-corrected chi connectivity index (χ0v) is 10.2. The van der Waals surface area contributed by atoms with E-state index in [4.69, 9.17) is 0 Å². The molecule has 1 saturated carbocycles. The number of hydrogen-bond donors (Lipinski definition) is 0. The number of aromatic nitrogens is 2. The first-order chi connectivity index (χ1) is 6.74. The summed E-state index contributed by atoms with van der Waals surface area (Å²) in [6.07, 6.45) is 11.1. The Morgan fingerprint density at radius 3 is 2.57 bits per heavy atom. The van der Waals surface area contributed by atoms with E-state index in [1.165, 1.54) is 25.7 Å². The highest BCUT2D eigenvalue weighted by Gasteiger charge is 2.18. The van der Waals surface area contributed by atoms with E-state index in [1.807, 2.05) is 6.20 Å². The number of rotatable bonds is 3. The Bertz CT molecular complexity index is 263. The van der Waals surface area contributed by atoms with Crippen molar-refractivity contribution in [2.24, 2.45) is 5.92 Å². The molecule has 0 radical (unpaired) electrons. The van der Waals surface area contributed by atoms with Crippen molar-refractivity contribution in [2.75, 3.05) is 0 Å². The van der Waals surface area contributed by atoms with Crippen LogP contribution in [0.2, 0.25) is 0 Å². The molecule has 1 aromatic rings. The molecule has 14 heavy (non-hydrogen) atoms. The lowest BCUT2D eigenvalue weighted by atomic mass is 10.2. The Morgan fingerprint density at radius 1 is 1.64 bits per heavy atom. The van der Waals surface area contributed by atoms with Gasteiger partial charge in [0.25, 0.3) is 0 Å². The fraction of sp³-hybridized carbons (Fsp3) is 0.545. The minimum absolute atomic E-state index is 0.801. The average Bonchev–Trinajstić information content (AvgIpc) is 2.82.